The van der Waals surface area contributed by atoms with Gasteiger partial charge in [0.15, 0.2) is 5.13 Å². The average Bonchev–Trinajstić information content (AvgIpc) is 3.31. The molecule has 1 unspecified atom stereocenters. The van der Waals surface area contributed by atoms with Gasteiger partial charge < -0.3 is 15.7 Å². The van der Waals surface area contributed by atoms with Crippen molar-refractivity contribution in [1.82, 2.24) is 4.98 Å². The molecule has 0 bridgehead atoms. The Morgan fingerprint density at radius 1 is 1.16 bits per heavy atom. The molecule has 2 aromatic carbocycles. The Hall–Kier alpha value is -3.16. The lowest BCUT2D eigenvalue weighted by molar-refractivity contribution is -0.132. The van der Waals surface area contributed by atoms with Crippen molar-refractivity contribution < 1.29 is 14.7 Å². The molecule has 0 saturated carbocycles. The molecule has 0 spiro atoms. The van der Waals surface area contributed by atoms with Gasteiger partial charge in [-0.15, -0.1) is 0 Å². The number of amides is 1. The molecule has 8 heteroatoms. The predicted molar refractivity (Wildman–Crippen MR) is 164 cm³/mol. The number of aromatic nitrogens is 1. The number of rotatable bonds is 9. The van der Waals surface area contributed by atoms with E-state index in [-0.39, 0.29) is 5.91 Å². The second kappa shape index (κ2) is 17.4. The standard InChI is InChI=1S/C17H16ClN3OS.C11H18O2.C2H6/c1-3-19-17-20-13-8-7-11(9-14(13)23-17)16(22)21-15-10(2)5-4-6-12(15)18;1-4-6-10(11(12)13)8-7-9(3)5-2;1-2/h4-9H,3H2,1-2H3,(H,19,20)(H,21,22);6-9H,4-5H2,1-3H3,(H,12,13);1-2H3/b;8-7-,10-6+;. The van der Waals surface area contributed by atoms with E-state index in [1.165, 1.54) is 11.3 Å². The summed E-state index contributed by atoms with van der Waals surface area (Å²) in [7, 11) is 0. The molecule has 38 heavy (non-hydrogen) atoms. The number of anilines is 2. The van der Waals surface area contributed by atoms with Gasteiger partial charge in [-0.25, -0.2) is 9.78 Å². The Morgan fingerprint density at radius 3 is 2.45 bits per heavy atom. The van der Waals surface area contributed by atoms with Crippen LogP contribution in [0.2, 0.25) is 5.02 Å². The van der Waals surface area contributed by atoms with Gasteiger partial charge in [0.1, 0.15) is 0 Å². The fraction of sp³-hybridized carbons (Fsp3) is 0.367. The third-order valence-corrected chi connectivity index (χ3v) is 6.65. The van der Waals surface area contributed by atoms with Crippen LogP contribution in [0.1, 0.15) is 70.3 Å². The maximum atomic E-state index is 12.5. The summed E-state index contributed by atoms with van der Waals surface area (Å²) in [6.45, 7) is 14.8. The minimum absolute atomic E-state index is 0.179. The summed E-state index contributed by atoms with van der Waals surface area (Å²) in [5.41, 5.74) is 3.44. The van der Waals surface area contributed by atoms with Crippen LogP contribution in [0.25, 0.3) is 10.2 Å². The number of carbonyl (C=O) groups excluding carboxylic acids is 1. The van der Waals surface area contributed by atoms with Gasteiger partial charge >= 0.3 is 5.97 Å². The lowest BCUT2D eigenvalue weighted by Crippen LogP contribution is -2.13. The van der Waals surface area contributed by atoms with Gasteiger partial charge in [-0.2, -0.15) is 0 Å². The lowest BCUT2D eigenvalue weighted by atomic mass is 10.1. The highest BCUT2D eigenvalue weighted by Gasteiger charge is 2.12. The van der Waals surface area contributed by atoms with Crippen LogP contribution in [0.4, 0.5) is 10.8 Å². The summed E-state index contributed by atoms with van der Waals surface area (Å²) in [5, 5.41) is 16.2. The van der Waals surface area contributed by atoms with E-state index in [0.717, 1.165) is 40.3 Å². The second-order valence-electron chi connectivity index (χ2n) is 8.24. The summed E-state index contributed by atoms with van der Waals surface area (Å²) in [6, 6.07) is 11.0. The highest BCUT2D eigenvalue weighted by Crippen LogP contribution is 2.29. The summed E-state index contributed by atoms with van der Waals surface area (Å²) in [6.07, 6.45) is 7.15. The van der Waals surface area contributed by atoms with Crippen LogP contribution in [-0.4, -0.2) is 28.5 Å². The Balaban J connectivity index is 0.000000413. The molecule has 0 aliphatic carbocycles. The summed E-state index contributed by atoms with van der Waals surface area (Å²) >= 11 is 7.70. The van der Waals surface area contributed by atoms with Crippen molar-refractivity contribution in [3.8, 4) is 0 Å². The Labute approximate surface area is 235 Å². The average molecular weight is 558 g/mol. The highest BCUT2D eigenvalue weighted by molar-refractivity contribution is 7.22. The number of hydrogen-bond donors (Lipinski definition) is 3. The van der Waals surface area contributed by atoms with E-state index in [9.17, 15) is 9.59 Å². The summed E-state index contributed by atoms with van der Waals surface area (Å²) < 4.78 is 0.976. The number of nitrogens with zero attached hydrogens (tertiary/aromatic N) is 1. The number of hydrogen-bond acceptors (Lipinski definition) is 5. The lowest BCUT2D eigenvalue weighted by Gasteiger charge is -2.10. The Morgan fingerprint density at radius 2 is 1.87 bits per heavy atom. The fourth-order valence-electron chi connectivity index (χ4n) is 3.12. The summed E-state index contributed by atoms with van der Waals surface area (Å²) in [4.78, 5) is 27.6. The van der Waals surface area contributed by atoms with Crippen molar-refractivity contribution in [2.75, 3.05) is 17.2 Å². The molecule has 206 valence electrons. The molecule has 6 nitrogen and oxygen atoms in total. The number of aryl methyl sites for hydroxylation is 1. The molecular weight excluding hydrogens is 518 g/mol. The number of para-hydroxylation sites is 1. The molecule has 0 saturated heterocycles. The molecule has 3 aromatic rings. The quantitative estimate of drug-likeness (QED) is 0.180. The van der Waals surface area contributed by atoms with Crippen molar-refractivity contribution in [2.45, 2.75) is 61.3 Å². The van der Waals surface area contributed by atoms with Crippen molar-refractivity contribution in [3.63, 3.8) is 0 Å². The fourth-order valence-corrected chi connectivity index (χ4v) is 4.36. The van der Waals surface area contributed by atoms with Gasteiger partial charge in [-0.1, -0.05) is 94.3 Å². The van der Waals surface area contributed by atoms with Gasteiger partial charge in [0.05, 0.1) is 26.5 Å². The van der Waals surface area contributed by atoms with Crippen LogP contribution >= 0.6 is 22.9 Å². The first-order valence-corrected chi connectivity index (χ1v) is 14.2. The number of carboxylic acid groups (broad SMARTS) is 1. The number of thiazole rings is 1. The number of benzene rings is 2. The molecule has 3 rings (SSSR count). The minimum atomic E-state index is -0.846. The molecule has 0 aliphatic heterocycles. The maximum absolute atomic E-state index is 12.5. The number of halogens is 1. The number of carbonyl (C=O) groups is 2. The van der Waals surface area contributed by atoms with Crippen LogP contribution in [0.15, 0.2) is 60.2 Å². The molecule has 3 N–H and O–H groups in total. The molecule has 0 fully saturated rings. The molecule has 1 aromatic heterocycles. The van der Waals surface area contributed by atoms with E-state index >= 15 is 0 Å². The minimum Gasteiger partial charge on any atom is -0.478 e. The van der Waals surface area contributed by atoms with Gasteiger partial charge in [0.2, 0.25) is 0 Å². The van der Waals surface area contributed by atoms with Gasteiger partial charge in [0, 0.05) is 12.1 Å². The second-order valence-corrected chi connectivity index (χ2v) is 9.67. The third kappa shape index (κ3) is 10.3. The largest absolute Gasteiger partial charge is 0.478 e. The molecule has 0 radical (unpaired) electrons. The van der Waals surface area contributed by atoms with E-state index in [1.54, 1.807) is 24.3 Å². The van der Waals surface area contributed by atoms with E-state index in [2.05, 4.69) is 29.5 Å². The zero-order valence-electron chi connectivity index (χ0n) is 23.4. The first-order valence-electron chi connectivity index (χ1n) is 13.0. The van der Waals surface area contributed by atoms with Crippen molar-refractivity contribution in [1.29, 1.82) is 0 Å². The highest BCUT2D eigenvalue weighted by atomic mass is 35.5. The van der Waals surface area contributed by atoms with E-state index in [4.69, 9.17) is 16.7 Å². The number of nitrogens with one attached hydrogen (secondary N) is 2. The van der Waals surface area contributed by atoms with Gasteiger partial charge in [0.25, 0.3) is 5.91 Å². The first-order chi connectivity index (χ1) is 18.2. The normalized spacial score (nSPS) is 11.7. The molecular formula is C30H40ClN3O3S. The molecule has 0 aliphatic rings. The molecule has 1 heterocycles. The van der Waals surface area contributed by atoms with Crippen LogP contribution in [0.3, 0.4) is 0 Å². The Bertz CT molecular complexity index is 1230. The van der Waals surface area contributed by atoms with Crippen LogP contribution in [0.5, 0.6) is 0 Å². The van der Waals surface area contributed by atoms with Gasteiger partial charge in [-0.05, 0) is 56.0 Å². The zero-order valence-corrected chi connectivity index (χ0v) is 25.0. The number of allylic oxidation sites excluding steroid dienone is 2. The summed E-state index contributed by atoms with van der Waals surface area (Å²) in [5.74, 6) is -0.581. The van der Waals surface area contributed by atoms with Crippen molar-refractivity contribution >= 4 is 55.8 Å². The van der Waals surface area contributed by atoms with Crippen molar-refractivity contribution in [3.05, 3.63) is 76.3 Å². The molecule has 1 amide bonds. The van der Waals surface area contributed by atoms with E-state index in [0.29, 0.717) is 27.8 Å². The zero-order chi connectivity index (χ0) is 28.7. The smallest absolute Gasteiger partial charge is 0.335 e. The number of aliphatic carboxylic acids is 1. The maximum Gasteiger partial charge on any atom is 0.335 e. The van der Waals surface area contributed by atoms with E-state index in [1.807, 2.05) is 65.0 Å². The number of fused-ring (bicyclic) bond motifs is 1. The predicted octanol–water partition coefficient (Wildman–Crippen LogP) is 8.98. The topological polar surface area (TPSA) is 91.3 Å². The van der Waals surface area contributed by atoms with Crippen molar-refractivity contribution in [2.24, 2.45) is 5.92 Å². The van der Waals surface area contributed by atoms with Crippen LogP contribution < -0.4 is 10.6 Å². The molecule has 1 atom stereocenters. The number of carboxylic acids is 1. The SMILES string of the molecule is CC.CC/C=C(\C=C/C(C)CC)C(=O)O.CCNc1nc2ccc(C(=O)Nc3c(C)cccc3Cl)cc2s1. The van der Waals surface area contributed by atoms with Crippen LogP contribution in [0, 0.1) is 12.8 Å². The Kier molecular flexibility index (Phi) is 15.0. The third-order valence-electron chi connectivity index (χ3n) is 5.36. The van der Waals surface area contributed by atoms with E-state index < -0.39 is 5.97 Å². The monoisotopic (exact) mass is 557 g/mol. The van der Waals surface area contributed by atoms with Crippen LogP contribution in [-0.2, 0) is 4.79 Å². The van der Waals surface area contributed by atoms with Gasteiger partial charge in [-0.3, -0.25) is 4.79 Å². The first kappa shape index (κ1) is 32.9.